The fraction of sp³-hybridized carbons (Fsp3) is 0.143. The predicted octanol–water partition coefficient (Wildman–Crippen LogP) is 2.52. The minimum absolute atomic E-state index is 0.611. The van der Waals surface area contributed by atoms with E-state index in [1.165, 1.54) is 0 Å². The van der Waals surface area contributed by atoms with Gasteiger partial charge in [0.2, 0.25) is 0 Å². The van der Waals surface area contributed by atoms with E-state index in [9.17, 15) is 0 Å². The van der Waals surface area contributed by atoms with Crippen LogP contribution in [-0.2, 0) is 0 Å². The highest BCUT2D eigenvalue weighted by Gasteiger charge is 2.01. The molecule has 0 atom stereocenters. The Labute approximate surface area is 101 Å². The van der Waals surface area contributed by atoms with Crippen molar-refractivity contribution in [3.63, 3.8) is 0 Å². The minimum atomic E-state index is 0.611. The molecule has 0 spiro atoms. The maximum absolute atomic E-state index is 5.29. The van der Waals surface area contributed by atoms with Gasteiger partial charge < -0.3 is 4.74 Å². The van der Waals surface area contributed by atoms with Crippen molar-refractivity contribution in [2.45, 2.75) is 6.92 Å². The lowest BCUT2D eigenvalue weighted by molar-refractivity contribution is 0.337. The van der Waals surface area contributed by atoms with Gasteiger partial charge in [0.05, 0.1) is 19.0 Å². The number of terminal acetylenes is 1. The summed E-state index contributed by atoms with van der Waals surface area (Å²) in [5.74, 6) is 3.91. The Morgan fingerprint density at radius 3 is 2.35 bits per heavy atom. The zero-order chi connectivity index (χ0) is 12.1. The zero-order valence-electron chi connectivity index (χ0n) is 9.55. The highest BCUT2D eigenvalue weighted by molar-refractivity contribution is 5.56. The van der Waals surface area contributed by atoms with E-state index in [0.29, 0.717) is 18.2 Å². The monoisotopic (exact) mass is 224 g/mol. The van der Waals surface area contributed by atoms with Crippen LogP contribution in [0.25, 0.3) is 11.4 Å². The van der Waals surface area contributed by atoms with Crippen molar-refractivity contribution in [1.82, 2.24) is 9.97 Å². The average molecular weight is 224 g/mol. The van der Waals surface area contributed by atoms with Gasteiger partial charge in [0.1, 0.15) is 0 Å². The lowest BCUT2D eigenvalue weighted by Gasteiger charge is -2.03. The second-order valence-electron chi connectivity index (χ2n) is 3.40. The Balaban J connectivity index is 2.24. The maximum Gasteiger partial charge on any atom is 0.159 e. The molecule has 1 aromatic heterocycles. The van der Waals surface area contributed by atoms with E-state index in [1.807, 2.05) is 31.2 Å². The Hall–Kier alpha value is -2.34. The fourth-order valence-electron chi connectivity index (χ4n) is 1.42. The van der Waals surface area contributed by atoms with E-state index in [1.54, 1.807) is 12.4 Å². The molecule has 3 heteroatoms. The molecule has 0 aliphatic carbocycles. The van der Waals surface area contributed by atoms with Gasteiger partial charge in [-0.15, -0.1) is 6.42 Å². The number of hydrogen-bond donors (Lipinski definition) is 0. The second-order valence-corrected chi connectivity index (χ2v) is 3.40. The SMILES string of the molecule is C#Cc1ccc(-c2ncc(OCC)cn2)cc1. The second kappa shape index (κ2) is 5.13. The van der Waals surface area contributed by atoms with Crippen LogP contribution in [0.3, 0.4) is 0 Å². The lowest BCUT2D eigenvalue weighted by atomic mass is 10.1. The molecule has 0 saturated carbocycles. The average Bonchev–Trinajstić information content (AvgIpc) is 2.40. The molecule has 2 aromatic rings. The molecule has 0 unspecified atom stereocenters. The van der Waals surface area contributed by atoms with E-state index in [-0.39, 0.29) is 0 Å². The number of benzene rings is 1. The molecule has 84 valence electrons. The summed E-state index contributed by atoms with van der Waals surface area (Å²) in [6.07, 6.45) is 8.63. The number of nitrogens with zero attached hydrogens (tertiary/aromatic N) is 2. The van der Waals surface area contributed by atoms with Crippen molar-refractivity contribution < 1.29 is 4.74 Å². The summed E-state index contributed by atoms with van der Waals surface area (Å²) in [4.78, 5) is 8.47. The van der Waals surface area contributed by atoms with Crippen LogP contribution in [0.2, 0.25) is 0 Å². The van der Waals surface area contributed by atoms with Crippen LogP contribution >= 0.6 is 0 Å². The Bertz CT molecular complexity index is 524. The highest BCUT2D eigenvalue weighted by Crippen LogP contribution is 2.16. The number of rotatable bonds is 3. The quantitative estimate of drug-likeness (QED) is 0.751. The molecular formula is C14H12N2O. The molecule has 0 aliphatic rings. The van der Waals surface area contributed by atoms with Crippen molar-refractivity contribution in [2.24, 2.45) is 0 Å². The minimum Gasteiger partial charge on any atom is -0.491 e. The maximum atomic E-state index is 5.29. The van der Waals surface area contributed by atoms with Crippen molar-refractivity contribution in [3.05, 3.63) is 42.2 Å². The molecule has 17 heavy (non-hydrogen) atoms. The largest absolute Gasteiger partial charge is 0.491 e. The summed E-state index contributed by atoms with van der Waals surface area (Å²) >= 11 is 0. The van der Waals surface area contributed by atoms with E-state index < -0.39 is 0 Å². The van der Waals surface area contributed by atoms with Crippen molar-refractivity contribution in [1.29, 1.82) is 0 Å². The van der Waals surface area contributed by atoms with Crippen LogP contribution in [0.15, 0.2) is 36.7 Å². The summed E-state index contributed by atoms with van der Waals surface area (Å²) in [6, 6.07) is 7.56. The molecule has 1 aromatic carbocycles. The summed E-state index contributed by atoms with van der Waals surface area (Å²) in [5, 5.41) is 0. The number of ether oxygens (including phenoxy) is 1. The third kappa shape index (κ3) is 2.61. The van der Waals surface area contributed by atoms with Gasteiger partial charge in [-0.2, -0.15) is 0 Å². The first-order valence-electron chi connectivity index (χ1n) is 5.35. The Morgan fingerprint density at radius 2 is 1.82 bits per heavy atom. The number of aromatic nitrogens is 2. The van der Waals surface area contributed by atoms with Gasteiger partial charge in [-0.1, -0.05) is 5.92 Å². The van der Waals surface area contributed by atoms with Gasteiger partial charge in [0, 0.05) is 11.1 Å². The summed E-state index contributed by atoms with van der Waals surface area (Å²) in [7, 11) is 0. The van der Waals surface area contributed by atoms with E-state index in [0.717, 1.165) is 11.1 Å². The van der Waals surface area contributed by atoms with E-state index in [2.05, 4.69) is 15.9 Å². The van der Waals surface area contributed by atoms with Gasteiger partial charge in [-0.25, -0.2) is 9.97 Å². The first kappa shape index (κ1) is 11.2. The van der Waals surface area contributed by atoms with Gasteiger partial charge in [-0.3, -0.25) is 0 Å². The zero-order valence-corrected chi connectivity index (χ0v) is 9.55. The molecule has 1 heterocycles. The summed E-state index contributed by atoms with van der Waals surface area (Å²) < 4.78 is 5.28. The molecule has 0 aliphatic heterocycles. The van der Waals surface area contributed by atoms with E-state index in [4.69, 9.17) is 11.2 Å². The van der Waals surface area contributed by atoms with Crippen LogP contribution < -0.4 is 4.74 Å². The number of hydrogen-bond acceptors (Lipinski definition) is 3. The van der Waals surface area contributed by atoms with Crippen LogP contribution in [0.4, 0.5) is 0 Å². The fourth-order valence-corrected chi connectivity index (χ4v) is 1.42. The molecular weight excluding hydrogens is 212 g/mol. The third-order valence-electron chi connectivity index (χ3n) is 2.25. The lowest BCUT2D eigenvalue weighted by Crippen LogP contribution is -1.94. The standard InChI is InChI=1S/C14H12N2O/c1-3-11-5-7-12(8-6-11)14-15-9-13(10-16-14)17-4-2/h1,5-10H,4H2,2H3. The first-order valence-corrected chi connectivity index (χ1v) is 5.35. The summed E-state index contributed by atoms with van der Waals surface area (Å²) in [6.45, 7) is 2.53. The molecule has 0 fully saturated rings. The third-order valence-corrected chi connectivity index (χ3v) is 2.25. The molecule has 0 bridgehead atoms. The van der Waals surface area contributed by atoms with Crippen molar-refractivity contribution >= 4 is 0 Å². The first-order chi connectivity index (χ1) is 8.33. The van der Waals surface area contributed by atoms with E-state index >= 15 is 0 Å². The van der Waals surface area contributed by atoms with Crippen LogP contribution in [0.1, 0.15) is 12.5 Å². The van der Waals surface area contributed by atoms with Crippen LogP contribution in [0, 0.1) is 12.3 Å². The topological polar surface area (TPSA) is 35.0 Å². The van der Waals surface area contributed by atoms with Crippen molar-refractivity contribution in [3.8, 4) is 29.5 Å². The molecule has 2 rings (SSSR count). The van der Waals surface area contributed by atoms with Crippen LogP contribution in [-0.4, -0.2) is 16.6 Å². The molecule has 0 amide bonds. The molecule has 0 N–H and O–H groups in total. The highest BCUT2D eigenvalue weighted by atomic mass is 16.5. The normalized spacial score (nSPS) is 9.65. The molecule has 3 nitrogen and oxygen atoms in total. The summed E-state index contributed by atoms with van der Waals surface area (Å²) in [5.41, 5.74) is 1.78. The molecule has 0 radical (unpaired) electrons. The van der Waals surface area contributed by atoms with Gasteiger partial charge in [-0.05, 0) is 31.2 Å². The van der Waals surface area contributed by atoms with Gasteiger partial charge >= 0.3 is 0 Å². The van der Waals surface area contributed by atoms with Gasteiger partial charge in [0.25, 0.3) is 0 Å². The Morgan fingerprint density at radius 1 is 1.18 bits per heavy atom. The smallest absolute Gasteiger partial charge is 0.159 e. The van der Waals surface area contributed by atoms with Crippen LogP contribution in [0.5, 0.6) is 5.75 Å². The molecule has 0 saturated heterocycles. The van der Waals surface area contributed by atoms with Gasteiger partial charge in [0.15, 0.2) is 11.6 Å². The van der Waals surface area contributed by atoms with Crippen molar-refractivity contribution in [2.75, 3.05) is 6.61 Å². The predicted molar refractivity (Wildman–Crippen MR) is 66.6 cm³/mol. The Kier molecular flexibility index (Phi) is 3.37.